The normalized spacial score (nSPS) is 11.1. The minimum absolute atomic E-state index is 0.229. The molecule has 0 aromatic heterocycles. The number of nitrogens with one attached hydrogen (secondary N) is 1. The topological polar surface area (TPSA) is 12.0 Å². The zero-order valence-electron chi connectivity index (χ0n) is 9.40. The van der Waals surface area contributed by atoms with Gasteiger partial charge in [-0.1, -0.05) is 31.5 Å². The van der Waals surface area contributed by atoms with Gasteiger partial charge in [0.25, 0.3) is 0 Å². The molecule has 0 amide bonds. The van der Waals surface area contributed by atoms with E-state index in [1.54, 1.807) is 6.07 Å². The fourth-order valence-electron chi connectivity index (χ4n) is 1.44. The van der Waals surface area contributed by atoms with Crippen molar-refractivity contribution in [1.29, 1.82) is 0 Å². The van der Waals surface area contributed by atoms with Gasteiger partial charge in [-0.15, -0.1) is 0 Å². The van der Waals surface area contributed by atoms with Gasteiger partial charge < -0.3 is 5.32 Å². The molecule has 84 valence electrons. The fraction of sp³-hybridized carbons (Fsp3) is 0.500. The lowest BCUT2D eigenvalue weighted by Gasteiger charge is -2.11. The summed E-state index contributed by atoms with van der Waals surface area (Å²) < 4.78 is 13.6. The molecule has 1 N–H and O–H groups in total. The lowest BCUT2D eigenvalue weighted by atomic mass is 9.99. The first-order chi connectivity index (χ1) is 7.06. The van der Waals surface area contributed by atoms with Crippen molar-refractivity contribution in [3.8, 4) is 0 Å². The number of rotatable bonds is 4. The number of likely N-dealkylation sites (N-methyl/N-ethyl adjacent to an activating group) is 1. The van der Waals surface area contributed by atoms with E-state index in [2.05, 4.69) is 19.2 Å². The molecule has 0 atom stereocenters. The highest BCUT2D eigenvalue weighted by molar-refractivity contribution is 6.30. The van der Waals surface area contributed by atoms with Crippen LogP contribution in [0.25, 0.3) is 0 Å². The smallest absolute Gasteiger partial charge is 0.145 e. The average Bonchev–Trinajstić information content (AvgIpc) is 2.19. The summed E-state index contributed by atoms with van der Waals surface area (Å²) in [7, 11) is 1.85. The van der Waals surface area contributed by atoms with Crippen LogP contribution in [0.4, 0.5) is 4.39 Å². The molecule has 0 aliphatic carbocycles. The molecule has 0 bridgehead atoms. The van der Waals surface area contributed by atoms with Crippen molar-refractivity contribution in [3.05, 3.63) is 34.1 Å². The molecule has 0 unspecified atom stereocenters. The Morgan fingerprint density at radius 2 is 2.07 bits per heavy atom. The number of hydrogen-bond acceptors (Lipinski definition) is 1. The summed E-state index contributed by atoms with van der Waals surface area (Å²) in [5, 5.41) is 3.23. The molecule has 1 aromatic rings. The standard InChI is InChI=1S/C12H17ClFN/c1-8(2)10-6-9(4-5-15-3)12(14)11(13)7-10/h6-8,15H,4-5H2,1-3H3. The van der Waals surface area contributed by atoms with Crippen molar-refractivity contribution in [2.75, 3.05) is 13.6 Å². The maximum absolute atomic E-state index is 13.6. The maximum Gasteiger partial charge on any atom is 0.145 e. The second-order valence-electron chi connectivity index (χ2n) is 3.98. The van der Waals surface area contributed by atoms with Crippen LogP contribution in [0.1, 0.15) is 30.9 Å². The Hall–Kier alpha value is -0.600. The number of halogens is 2. The van der Waals surface area contributed by atoms with Crippen LogP contribution in [0, 0.1) is 5.82 Å². The third kappa shape index (κ3) is 3.18. The third-order valence-electron chi connectivity index (χ3n) is 2.44. The second kappa shape index (κ2) is 5.47. The van der Waals surface area contributed by atoms with Crippen molar-refractivity contribution < 1.29 is 4.39 Å². The lowest BCUT2D eigenvalue weighted by molar-refractivity contribution is 0.603. The zero-order chi connectivity index (χ0) is 11.4. The van der Waals surface area contributed by atoms with E-state index >= 15 is 0 Å². The SMILES string of the molecule is CNCCc1cc(C(C)C)cc(Cl)c1F. The first-order valence-corrected chi connectivity index (χ1v) is 5.56. The summed E-state index contributed by atoms with van der Waals surface area (Å²) in [5.41, 5.74) is 1.79. The van der Waals surface area contributed by atoms with Crippen molar-refractivity contribution >= 4 is 11.6 Å². The molecule has 0 spiro atoms. The van der Waals surface area contributed by atoms with Crippen LogP contribution >= 0.6 is 11.6 Å². The van der Waals surface area contributed by atoms with Gasteiger partial charge in [0.1, 0.15) is 5.82 Å². The summed E-state index contributed by atoms with van der Waals surface area (Å²) in [6.45, 7) is 4.91. The van der Waals surface area contributed by atoms with E-state index in [0.29, 0.717) is 17.9 Å². The summed E-state index contributed by atoms with van der Waals surface area (Å²) in [6, 6.07) is 3.62. The molecule has 0 saturated carbocycles. The Kier molecular flexibility index (Phi) is 4.55. The lowest BCUT2D eigenvalue weighted by Crippen LogP contribution is -2.11. The quantitative estimate of drug-likeness (QED) is 0.835. The molecule has 15 heavy (non-hydrogen) atoms. The van der Waals surface area contributed by atoms with Crippen LogP contribution in [0.15, 0.2) is 12.1 Å². The van der Waals surface area contributed by atoms with Crippen molar-refractivity contribution in [3.63, 3.8) is 0 Å². The van der Waals surface area contributed by atoms with Crippen LogP contribution in [-0.2, 0) is 6.42 Å². The highest BCUT2D eigenvalue weighted by Crippen LogP contribution is 2.25. The van der Waals surface area contributed by atoms with Crippen LogP contribution in [0.3, 0.4) is 0 Å². The van der Waals surface area contributed by atoms with Gasteiger partial charge in [-0.3, -0.25) is 0 Å². The molecule has 0 saturated heterocycles. The first-order valence-electron chi connectivity index (χ1n) is 5.18. The van der Waals surface area contributed by atoms with Crippen molar-refractivity contribution in [2.24, 2.45) is 0 Å². The van der Waals surface area contributed by atoms with Crippen molar-refractivity contribution in [2.45, 2.75) is 26.2 Å². The first kappa shape index (κ1) is 12.5. The third-order valence-corrected chi connectivity index (χ3v) is 2.71. The van der Waals surface area contributed by atoms with Crippen LogP contribution in [-0.4, -0.2) is 13.6 Å². The van der Waals surface area contributed by atoms with E-state index in [9.17, 15) is 4.39 Å². The van der Waals surface area contributed by atoms with E-state index in [1.807, 2.05) is 13.1 Å². The monoisotopic (exact) mass is 229 g/mol. The van der Waals surface area contributed by atoms with E-state index in [1.165, 1.54) is 0 Å². The zero-order valence-corrected chi connectivity index (χ0v) is 10.2. The van der Waals surface area contributed by atoms with Crippen molar-refractivity contribution in [1.82, 2.24) is 5.32 Å². The molecule has 3 heteroatoms. The Labute approximate surface area is 95.6 Å². The summed E-state index contributed by atoms with van der Waals surface area (Å²) in [6.07, 6.45) is 0.669. The van der Waals surface area contributed by atoms with Crippen LogP contribution in [0.5, 0.6) is 0 Å². The fourth-order valence-corrected chi connectivity index (χ4v) is 1.69. The molecule has 1 rings (SSSR count). The van der Waals surface area contributed by atoms with E-state index in [-0.39, 0.29) is 10.8 Å². The van der Waals surface area contributed by atoms with Gasteiger partial charge >= 0.3 is 0 Å². The summed E-state index contributed by atoms with van der Waals surface area (Å²) in [4.78, 5) is 0. The van der Waals surface area contributed by atoms with Gasteiger partial charge in [0.15, 0.2) is 0 Å². The minimum atomic E-state index is -0.281. The van der Waals surface area contributed by atoms with Gasteiger partial charge in [-0.2, -0.15) is 0 Å². The molecule has 0 aliphatic heterocycles. The predicted molar refractivity (Wildman–Crippen MR) is 63.1 cm³/mol. The second-order valence-corrected chi connectivity index (χ2v) is 4.39. The van der Waals surface area contributed by atoms with Gasteiger partial charge in [0.2, 0.25) is 0 Å². The molecule has 0 radical (unpaired) electrons. The van der Waals surface area contributed by atoms with E-state index in [4.69, 9.17) is 11.6 Å². The molecular formula is C12H17ClFN. The molecular weight excluding hydrogens is 213 g/mol. The molecule has 1 nitrogen and oxygen atoms in total. The predicted octanol–water partition coefficient (Wildman–Crippen LogP) is 3.36. The Bertz CT molecular complexity index is 337. The Balaban J connectivity index is 3.02. The van der Waals surface area contributed by atoms with E-state index < -0.39 is 0 Å². The molecule has 0 fully saturated rings. The highest BCUT2D eigenvalue weighted by Gasteiger charge is 2.10. The summed E-state index contributed by atoms with van der Waals surface area (Å²) in [5.74, 6) is 0.0905. The molecule has 0 heterocycles. The van der Waals surface area contributed by atoms with Gasteiger partial charge in [0.05, 0.1) is 5.02 Å². The Morgan fingerprint density at radius 3 is 2.60 bits per heavy atom. The Morgan fingerprint density at radius 1 is 1.40 bits per heavy atom. The van der Waals surface area contributed by atoms with Gasteiger partial charge in [-0.05, 0) is 43.1 Å². The molecule has 0 aliphatic rings. The summed E-state index contributed by atoms with van der Waals surface area (Å²) >= 11 is 5.85. The maximum atomic E-state index is 13.6. The van der Waals surface area contributed by atoms with Crippen LogP contribution in [0.2, 0.25) is 5.02 Å². The van der Waals surface area contributed by atoms with E-state index in [0.717, 1.165) is 12.1 Å². The van der Waals surface area contributed by atoms with Gasteiger partial charge in [0, 0.05) is 0 Å². The largest absolute Gasteiger partial charge is 0.319 e. The number of hydrogen-bond donors (Lipinski definition) is 1. The number of benzene rings is 1. The minimum Gasteiger partial charge on any atom is -0.319 e. The van der Waals surface area contributed by atoms with Gasteiger partial charge in [-0.25, -0.2) is 4.39 Å². The highest BCUT2D eigenvalue weighted by atomic mass is 35.5. The average molecular weight is 230 g/mol. The van der Waals surface area contributed by atoms with Crippen LogP contribution < -0.4 is 5.32 Å². The molecule has 1 aromatic carbocycles.